The van der Waals surface area contributed by atoms with E-state index >= 15 is 0 Å². The van der Waals surface area contributed by atoms with Crippen molar-refractivity contribution in [2.75, 3.05) is 0 Å². The van der Waals surface area contributed by atoms with Crippen LogP contribution in [-0.2, 0) is 7.05 Å². The third-order valence-electron chi connectivity index (χ3n) is 1.31. The first-order chi connectivity index (χ1) is 4.99. The molecule has 0 spiro atoms. The summed E-state index contributed by atoms with van der Waals surface area (Å²) in [7, 11) is 0.582. The van der Waals surface area contributed by atoms with Crippen molar-refractivity contribution < 1.29 is 4.43 Å². The quantitative estimate of drug-likeness (QED) is 0.619. The Hall–Kier alpha value is -0.703. The summed E-state index contributed by atoms with van der Waals surface area (Å²) in [5, 5.41) is 0. The molecule has 0 fully saturated rings. The standard InChI is InChI=1S/C8H15NOSi/c1-9-7-5-6-8(9)10-11(2,3)4/h5-7H,1-4H3. The van der Waals surface area contributed by atoms with Gasteiger partial charge in [0, 0.05) is 13.2 Å². The topological polar surface area (TPSA) is 14.2 Å². The molecule has 0 aliphatic carbocycles. The molecule has 62 valence electrons. The fourth-order valence-electron chi connectivity index (χ4n) is 0.865. The molecule has 3 heteroatoms. The molecule has 1 aromatic heterocycles. The van der Waals surface area contributed by atoms with Gasteiger partial charge in [-0.25, -0.2) is 0 Å². The fourth-order valence-corrected chi connectivity index (χ4v) is 1.70. The highest BCUT2D eigenvalue weighted by Gasteiger charge is 2.16. The summed E-state index contributed by atoms with van der Waals surface area (Å²) in [6.07, 6.45) is 2.00. The van der Waals surface area contributed by atoms with Crippen molar-refractivity contribution in [1.29, 1.82) is 0 Å². The zero-order chi connectivity index (χ0) is 8.48. The zero-order valence-corrected chi connectivity index (χ0v) is 8.59. The molecule has 0 saturated heterocycles. The number of aromatic nitrogens is 1. The average molecular weight is 169 g/mol. The van der Waals surface area contributed by atoms with E-state index in [4.69, 9.17) is 4.43 Å². The maximum atomic E-state index is 5.77. The number of hydrogen-bond donors (Lipinski definition) is 0. The first kappa shape index (κ1) is 8.39. The van der Waals surface area contributed by atoms with Crippen molar-refractivity contribution in [3.63, 3.8) is 0 Å². The Balaban J connectivity index is 2.72. The molecule has 2 nitrogen and oxygen atoms in total. The van der Waals surface area contributed by atoms with Crippen LogP contribution in [0, 0.1) is 0 Å². The molecule has 0 aliphatic heterocycles. The van der Waals surface area contributed by atoms with Gasteiger partial charge in [-0.05, 0) is 31.8 Å². The van der Waals surface area contributed by atoms with Gasteiger partial charge in [0.05, 0.1) is 0 Å². The Labute approximate surface area is 68.9 Å². The van der Waals surface area contributed by atoms with Crippen LogP contribution in [0.2, 0.25) is 19.6 Å². The second kappa shape index (κ2) is 2.74. The van der Waals surface area contributed by atoms with Gasteiger partial charge in [-0.15, -0.1) is 0 Å². The Morgan fingerprint density at radius 3 is 2.36 bits per heavy atom. The SMILES string of the molecule is Cn1cccc1O[Si](C)(C)C. The van der Waals surface area contributed by atoms with E-state index in [2.05, 4.69) is 19.6 Å². The first-order valence-electron chi connectivity index (χ1n) is 3.79. The monoisotopic (exact) mass is 169 g/mol. The molecule has 1 aromatic rings. The lowest BCUT2D eigenvalue weighted by molar-refractivity contribution is 0.508. The number of aryl methyl sites for hydroxylation is 1. The molecule has 0 radical (unpaired) electrons. The van der Waals surface area contributed by atoms with E-state index in [1.807, 2.05) is 29.9 Å². The highest BCUT2D eigenvalue weighted by atomic mass is 28.4. The van der Waals surface area contributed by atoms with Crippen LogP contribution < -0.4 is 4.43 Å². The normalized spacial score (nSPS) is 11.6. The highest BCUT2D eigenvalue weighted by Crippen LogP contribution is 2.14. The summed E-state index contributed by atoms with van der Waals surface area (Å²) >= 11 is 0. The van der Waals surface area contributed by atoms with Crippen LogP contribution in [0.4, 0.5) is 0 Å². The lowest BCUT2D eigenvalue weighted by Gasteiger charge is -2.19. The summed E-state index contributed by atoms with van der Waals surface area (Å²) in [6, 6.07) is 3.99. The third kappa shape index (κ3) is 2.42. The van der Waals surface area contributed by atoms with Gasteiger partial charge in [-0.2, -0.15) is 0 Å². The third-order valence-corrected chi connectivity index (χ3v) is 2.13. The second-order valence-corrected chi connectivity index (χ2v) is 8.10. The van der Waals surface area contributed by atoms with Crippen LogP contribution in [-0.4, -0.2) is 12.9 Å². The van der Waals surface area contributed by atoms with Gasteiger partial charge in [0.2, 0.25) is 8.32 Å². The van der Waals surface area contributed by atoms with Crippen molar-refractivity contribution in [3.8, 4) is 5.88 Å². The van der Waals surface area contributed by atoms with Crippen molar-refractivity contribution in [2.24, 2.45) is 7.05 Å². The molecule has 0 atom stereocenters. The molecule has 0 saturated carbocycles. The lowest BCUT2D eigenvalue weighted by Crippen LogP contribution is -2.30. The van der Waals surface area contributed by atoms with Gasteiger partial charge in [0.15, 0.2) is 5.88 Å². The first-order valence-corrected chi connectivity index (χ1v) is 7.20. The van der Waals surface area contributed by atoms with Crippen LogP contribution in [0.5, 0.6) is 5.88 Å². The maximum Gasteiger partial charge on any atom is 0.244 e. The molecule has 11 heavy (non-hydrogen) atoms. The second-order valence-electron chi connectivity index (χ2n) is 3.67. The predicted octanol–water partition coefficient (Wildman–Crippen LogP) is 2.24. The van der Waals surface area contributed by atoms with E-state index in [-0.39, 0.29) is 0 Å². The fraction of sp³-hybridized carbons (Fsp3) is 0.500. The van der Waals surface area contributed by atoms with E-state index in [0.717, 1.165) is 5.88 Å². The number of nitrogens with zero attached hydrogens (tertiary/aromatic N) is 1. The smallest absolute Gasteiger partial charge is 0.244 e. The summed E-state index contributed by atoms with van der Waals surface area (Å²) in [5.74, 6) is 0.976. The lowest BCUT2D eigenvalue weighted by atomic mass is 10.7. The maximum absolute atomic E-state index is 5.77. The minimum Gasteiger partial charge on any atom is -0.533 e. The van der Waals surface area contributed by atoms with Gasteiger partial charge in [0.25, 0.3) is 0 Å². The predicted molar refractivity (Wildman–Crippen MR) is 49.4 cm³/mol. The van der Waals surface area contributed by atoms with Crippen molar-refractivity contribution in [3.05, 3.63) is 18.3 Å². The Bertz CT molecular complexity index is 236. The van der Waals surface area contributed by atoms with Crippen LogP contribution in [0.3, 0.4) is 0 Å². The van der Waals surface area contributed by atoms with Gasteiger partial charge < -0.3 is 8.99 Å². The van der Waals surface area contributed by atoms with E-state index < -0.39 is 8.32 Å². The molecule has 0 amide bonds. The minimum atomic E-state index is -1.41. The number of rotatable bonds is 2. The molecule has 0 N–H and O–H groups in total. The summed E-state index contributed by atoms with van der Waals surface area (Å²) in [5.41, 5.74) is 0. The molecule has 0 aliphatic rings. The minimum absolute atomic E-state index is 0.976. The van der Waals surface area contributed by atoms with E-state index in [1.54, 1.807) is 0 Å². The summed E-state index contributed by atoms with van der Waals surface area (Å²) < 4.78 is 7.77. The van der Waals surface area contributed by atoms with Gasteiger partial charge in [-0.1, -0.05) is 0 Å². The Morgan fingerprint density at radius 2 is 2.00 bits per heavy atom. The molecular formula is C8H15NOSi. The molecule has 0 unspecified atom stereocenters. The molecule has 0 bridgehead atoms. The average Bonchev–Trinajstić information content (AvgIpc) is 2.12. The van der Waals surface area contributed by atoms with E-state index in [1.165, 1.54) is 0 Å². The van der Waals surface area contributed by atoms with Crippen LogP contribution in [0.15, 0.2) is 18.3 Å². The van der Waals surface area contributed by atoms with Crippen molar-refractivity contribution in [1.82, 2.24) is 4.57 Å². The van der Waals surface area contributed by atoms with Gasteiger partial charge >= 0.3 is 0 Å². The van der Waals surface area contributed by atoms with E-state index in [0.29, 0.717) is 0 Å². The van der Waals surface area contributed by atoms with Crippen molar-refractivity contribution >= 4 is 8.32 Å². The van der Waals surface area contributed by atoms with Gasteiger partial charge in [0.1, 0.15) is 0 Å². The molecule has 0 aromatic carbocycles. The Kier molecular flexibility index (Phi) is 2.09. The molecular weight excluding hydrogens is 154 g/mol. The van der Waals surface area contributed by atoms with Crippen molar-refractivity contribution in [2.45, 2.75) is 19.6 Å². The largest absolute Gasteiger partial charge is 0.533 e. The summed E-state index contributed by atoms with van der Waals surface area (Å²) in [4.78, 5) is 0. The van der Waals surface area contributed by atoms with E-state index in [9.17, 15) is 0 Å². The van der Waals surface area contributed by atoms with Crippen LogP contribution in [0.1, 0.15) is 0 Å². The van der Waals surface area contributed by atoms with Crippen LogP contribution >= 0.6 is 0 Å². The molecule has 1 heterocycles. The Morgan fingerprint density at radius 1 is 1.36 bits per heavy atom. The van der Waals surface area contributed by atoms with Crippen LogP contribution in [0.25, 0.3) is 0 Å². The van der Waals surface area contributed by atoms with Gasteiger partial charge in [-0.3, -0.25) is 0 Å². The zero-order valence-electron chi connectivity index (χ0n) is 7.59. The summed E-state index contributed by atoms with van der Waals surface area (Å²) in [6.45, 7) is 6.54. The molecule has 1 rings (SSSR count). The number of hydrogen-bond acceptors (Lipinski definition) is 1. The highest BCUT2D eigenvalue weighted by molar-refractivity contribution is 6.70.